The van der Waals surface area contributed by atoms with Crippen molar-refractivity contribution in [3.63, 3.8) is 0 Å². The van der Waals surface area contributed by atoms with Crippen molar-refractivity contribution >= 4 is 17.7 Å². The first-order valence-electron chi connectivity index (χ1n) is 7.89. The standard InChI is InChI=1S/C17H24N4O2S/c1-20(2)16(22)13-24-17-19-18-15(21(17)10-7-11-23-3)12-14-8-5-4-6-9-14/h4-6,8-9H,7,10-13H2,1-3H3. The van der Waals surface area contributed by atoms with Gasteiger partial charge in [0.05, 0.1) is 5.75 Å². The summed E-state index contributed by atoms with van der Waals surface area (Å²) in [5.74, 6) is 1.34. The molecular formula is C17H24N4O2S. The van der Waals surface area contributed by atoms with Gasteiger partial charge in [0.1, 0.15) is 5.82 Å². The third-order valence-corrected chi connectivity index (χ3v) is 4.50. The highest BCUT2D eigenvalue weighted by atomic mass is 32.2. The average Bonchev–Trinajstić information content (AvgIpc) is 2.95. The number of ether oxygens (including phenoxy) is 1. The second-order valence-corrected chi connectivity index (χ2v) is 6.58. The molecule has 0 saturated carbocycles. The summed E-state index contributed by atoms with van der Waals surface area (Å²) in [6.45, 7) is 1.46. The molecule has 0 spiro atoms. The van der Waals surface area contributed by atoms with Gasteiger partial charge in [-0.05, 0) is 12.0 Å². The number of carbonyl (C=O) groups is 1. The highest BCUT2D eigenvalue weighted by Crippen LogP contribution is 2.19. The van der Waals surface area contributed by atoms with E-state index in [-0.39, 0.29) is 5.91 Å². The monoisotopic (exact) mass is 348 g/mol. The lowest BCUT2D eigenvalue weighted by molar-refractivity contribution is -0.125. The zero-order chi connectivity index (χ0) is 17.4. The van der Waals surface area contributed by atoms with Crippen LogP contribution < -0.4 is 0 Å². The van der Waals surface area contributed by atoms with Gasteiger partial charge in [0.2, 0.25) is 5.91 Å². The van der Waals surface area contributed by atoms with E-state index < -0.39 is 0 Å². The van der Waals surface area contributed by atoms with E-state index in [1.54, 1.807) is 26.1 Å². The summed E-state index contributed by atoms with van der Waals surface area (Å²) in [7, 11) is 5.21. The van der Waals surface area contributed by atoms with Gasteiger partial charge in [-0.25, -0.2) is 0 Å². The van der Waals surface area contributed by atoms with Gasteiger partial charge in [-0.1, -0.05) is 42.1 Å². The van der Waals surface area contributed by atoms with Crippen molar-refractivity contribution in [1.82, 2.24) is 19.7 Å². The van der Waals surface area contributed by atoms with Gasteiger partial charge in [-0.15, -0.1) is 10.2 Å². The molecule has 1 aromatic heterocycles. The molecule has 0 bridgehead atoms. The van der Waals surface area contributed by atoms with E-state index in [4.69, 9.17) is 4.74 Å². The highest BCUT2D eigenvalue weighted by Gasteiger charge is 2.15. The average molecular weight is 348 g/mol. The molecule has 6 nitrogen and oxygen atoms in total. The van der Waals surface area contributed by atoms with Gasteiger partial charge in [-0.2, -0.15) is 0 Å². The normalized spacial score (nSPS) is 10.8. The molecule has 24 heavy (non-hydrogen) atoms. The van der Waals surface area contributed by atoms with Gasteiger partial charge in [0, 0.05) is 40.8 Å². The number of amides is 1. The summed E-state index contributed by atoms with van der Waals surface area (Å²) < 4.78 is 7.24. The number of hydrogen-bond acceptors (Lipinski definition) is 5. The third-order valence-electron chi connectivity index (χ3n) is 3.55. The molecule has 0 aliphatic carbocycles. The van der Waals surface area contributed by atoms with Crippen molar-refractivity contribution in [1.29, 1.82) is 0 Å². The summed E-state index contributed by atoms with van der Waals surface area (Å²) in [6.07, 6.45) is 1.61. The maximum Gasteiger partial charge on any atom is 0.232 e. The number of nitrogens with zero attached hydrogens (tertiary/aromatic N) is 4. The van der Waals surface area contributed by atoms with Crippen LogP contribution in [0, 0.1) is 0 Å². The molecule has 130 valence electrons. The van der Waals surface area contributed by atoms with Crippen molar-refractivity contribution in [3.8, 4) is 0 Å². The molecule has 0 aliphatic rings. The van der Waals surface area contributed by atoms with E-state index in [1.807, 2.05) is 18.2 Å². The first kappa shape index (κ1) is 18.5. The Hall–Kier alpha value is -1.86. The fourth-order valence-electron chi connectivity index (χ4n) is 2.18. The molecular weight excluding hydrogens is 324 g/mol. The Labute approximate surface area is 147 Å². The minimum Gasteiger partial charge on any atom is -0.385 e. The van der Waals surface area contributed by atoms with Crippen molar-refractivity contribution in [2.75, 3.05) is 33.6 Å². The van der Waals surface area contributed by atoms with Crippen molar-refractivity contribution < 1.29 is 9.53 Å². The quantitative estimate of drug-likeness (QED) is 0.513. The molecule has 2 aromatic rings. The topological polar surface area (TPSA) is 60.2 Å². The van der Waals surface area contributed by atoms with Crippen LogP contribution in [0.15, 0.2) is 35.5 Å². The zero-order valence-electron chi connectivity index (χ0n) is 14.4. The molecule has 1 aromatic carbocycles. The van der Waals surface area contributed by atoms with Crippen LogP contribution in [0.5, 0.6) is 0 Å². The van der Waals surface area contributed by atoms with Gasteiger partial charge in [-0.3, -0.25) is 4.79 Å². The molecule has 0 saturated heterocycles. The number of aromatic nitrogens is 3. The van der Waals surface area contributed by atoms with Crippen LogP contribution in [0.1, 0.15) is 17.8 Å². The molecule has 0 fully saturated rings. The first-order valence-corrected chi connectivity index (χ1v) is 8.88. The summed E-state index contributed by atoms with van der Waals surface area (Å²) in [4.78, 5) is 13.4. The van der Waals surface area contributed by atoms with Crippen LogP contribution in [0.4, 0.5) is 0 Å². The Balaban J connectivity index is 2.12. The molecule has 0 radical (unpaired) electrons. The number of thioether (sulfide) groups is 1. The van der Waals surface area contributed by atoms with E-state index in [0.717, 1.165) is 30.4 Å². The first-order chi connectivity index (χ1) is 11.6. The van der Waals surface area contributed by atoms with Crippen molar-refractivity contribution in [2.45, 2.75) is 24.5 Å². The Kier molecular flexibility index (Phi) is 7.27. The molecule has 0 aliphatic heterocycles. The van der Waals surface area contributed by atoms with Gasteiger partial charge >= 0.3 is 0 Å². The fourth-order valence-corrected chi connectivity index (χ4v) is 3.14. The van der Waals surface area contributed by atoms with Gasteiger partial charge in [0.25, 0.3) is 0 Å². The maximum atomic E-state index is 11.8. The fraction of sp³-hybridized carbons (Fsp3) is 0.471. The SMILES string of the molecule is COCCCn1c(Cc2ccccc2)nnc1SCC(=O)N(C)C. The van der Waals surface area contributed by atoms with E-state index in [1.165, 1.54) is 17.3 Å². The maximum absolute atomic E-state index is 11.8. The summed E-state index contributed by atoms with van der Waals surface area (Å²) >= 11 is 1.43. The summed E-state index contributed by atoms with van der Waals surface area (Å²) in [6, 6.07) is 10.2. The summed E-state index contributed by atoms with van der Waals surface area (Å²) in [5.41, 5.74) is 1.19. The lowest BCUT2D eigenvalue weighted by atomic mass is 10.1. The number of carbonyl (C=O) groups excluding carboxylic acids is 1. The predicted molar refractivity (Wildman–Crippen MR) is 95.2 cm³/mol. The number of rotatable bonds is 9. The van der Waals surface area contributed by atoms with Crippen LogP contribution in [0.2, 0.25) is 0 Å². The molecule has 1 heterocycles. The lowest BCUT2D eigenvalue weighted by Crippen LogP contribution is -2.23. The summed E-state index contributed by atoms with van der Waals surface area (Å²) in [5, 5.41) is 9.41. The molecule has 0 atom stereocenters. The largest absolute Gasteiger partial charge is 0.385 e. The van der Waals surface area contributed by atoms with E-state index in [2.05, 4.69) is 26.9 Å². The van der Waals surface area contributed by atoms with E-state index in [0.29, 0.717) is 12.4 Å². The zero-order valence-corrected chi connectivity index (χ0v) is 15.3. The van der Waals surface area contributed by atoms with Crippen LogP contribution in [-0.4, -0.2) is 59.1 Å². The van der Waals surface area contributed by atoms with Crippen LogP contribution in [-0.2, 0) is 22.5 Å². The third kappa shape index (κ3) is 5.35. The number of benzene rings is 1. The predicted octanol–water partition coefficient (Wildman–Crippen LogP) is 2.09. The molecule has 1 amide bonds. The molecule has 7 heteroatoms. The molecule has 0 unspecified atom stereocenters. The minimum atomic E-state index is 0.0658. The van der Waals surface area contributed by atoms with Gasteiger partial charge in [0.15, 0.2) is 5.16 Å². The smallest absolute Gasteiger partial charge is 0.232 e. The Morgan fingerprint density at radius 2 is 2.00 bits per heavy atom. The Morgan fingerprint density at radius 3 is 2.67 bits per heavy atom. The second kappa shape index (κ2) is 9.44. The van der Waals surface area contributed by atoms with Crippen LogP contribution in [0.25, 0.3) is 0 Å². The van der Waals surface area contributed by atoms with Crippen LogP contribution in [0.3, 0.4) is 0 Å². The second-order valence-electron chi connectivity index (χ2n) is 5.64. The Morgan fingerprint density at radius 1 is 1.25 bits per heavy atom. The van der Waals surface area contributed by atoms with E-state index >= 15 is 0 Å². The molecule has 2 rings (SSSR count). The highest BCUT2D eigenvalue weighted by molar-refractivity contribution is 7.99. The molecule has 0 N–H and O–H groups in total. The van der Waals surface area contributed by atoms with Crippen molar-refractivity contribution in [3.05, 3.63) is 41.7 Å². The van der Waals surface area contributed by atoms with Crippen LogP contribution >= 0.6 is 11.8 Å². The number of methoxy groups -OCH3 is 1. The number of hydrogen-bond donors (Lipinski definition) is 0. The van der Waals surface area contributed by atoms with Gasteiger partial charge < -0.3 is 14.2 Å². The van der Waals surface area contributed by atoms with Crippen molar-refractivity contribution in [2.24, 2.45) is 0 Å². The Bertz CT molecular complexity index is 643. The lowest BCUT2D eigenvalue weighted by Gasteiger charge is -2.12. The van der Waals surface area contributed by atoms with E-state index in [9.17, 15) is 4.79 Å². The minimum absolute atomic E-state index is 0.0658.